The van der Waals surface area contributed by atoms with Crippen molar-refractivity contribution in [2.45, 2.75) is 25.6 Å². The van der Waals surface area contributed by atoms with Gasteiger partial charge in [-0.3, -0.25) is 14.8 Å². The van der Waals surface area contributed by atoms with Crippen LogP contribution in [0.25, 0.3) is 22.2 Å². The number of pyridine rings is 2. The SMILES string of the molecule is C[C@@H](Oc1cc(-c2ccc(C(F)(F)F)cn2)cc2ncccc12)[C@@H]1CNC(=O)C1. The summed E-state index contributed by atoms with van der Waals surface area (Å²) in [4.78, 5) is 19.8. The van der Waals surface area contributed by atoms with E-state index in [2.05, 4.69) is 15.3 Å². The molecule has 2 aromatic heterocycles. The predicted octanol–water partition coefficient (Wildman–Crippen LogP) is 4.22. The molecule has 4 rings (SSSR count). The number of carbonyl (C=O) groups is 1. The lowest BCUT2D eigenvalue weighted by Crippen LogP contribution is -2.25. The largest absolute Gasteiger partial charge is 0.490 e. The van der Waals surface area contributed by atoms with E-state index in [1.165, 1.54) is 6.07 Å². The number of nitrogens with one attached hydrogen (secondary N) is 1. The maximum absolute atomic E-state index is 12.8. The summed E-state index contributed by atoms with van der Waals surface area (Å²) in [6.45, 7) is 2.45. The van der Waals surface area contributed by atoms with Gasteiger partial charge in [0, 0.05) is 42.2 Å². The second-order valence-corrected chi connectivity index (χ2v) is 7.07. The van der Waals surface area contributed by atoms with Gasteiger partial charge in [0.1, 0.15) is 11.9 Å². The van der Waals surface area contributed by atoms with Gasteiger partial charge in [-0.1, -0.05) is 0 Å². The van der Waals surface area contributed by atoms with Crippen molar-refractivity contribution in [3.05, 3.63) is 54.4 Å². The molecule has 5 nitrogen and oxygen atoms in total. The second-order valence-electron chi connectivity index (χ2n) is 7.07. The van der Waals surface area contributed by atoms with Crippen molar-refractivity contribution in [2.75, 3.05) is 6.54 Å². The molecule has 3 heterocycles. The van der Waals surface area contributed by atoms with Gasteiger partial charge in [-0.05, 0) is 43.3 Å². The van der Waals surface area contributed by atoms with Gasteiger partial charge in [0.25, 0.3) is 0 Å². The highest BCUT2D eigenvalue weighted by molar-refractivity contribution is 5.89. The molecule has 29 heavy (non-hydrogen) atoms. The van der Waals surface area contributed by atoms with Gasteiger partial charge >= 0.3 is 6.18 Å². The molecule has 1 N–H and O–H groups in total. The van der Waals surface area contributed by atoms with E-state index in [-0.39, 0.29) is 17.9 Å². The number of alkyl halides is 3. The minimum absolute atomic E-state index is 0.000296. The van der Waals surface area contributed by atoms with E-state index in [1.807, 2.05) is 13.0 Å². The Balaban J connectivity index is 1.70. The number of fused-ring (bicyclic) bond motifs is 1. The van der Waals surface area contributed by atoms with Crippen LogP contribution in [-0.4, -0.2) is 28.5 Å². The molecule has 1 aliphatic heterocycles. The lowest BCUT2D eigenvalue weighted by Gasteiger charge is -2.21. The zero-order chi connectivity index (χ0) is 20.6. The summed E-state index contributed by atoms with van der Waals surface area (Å²) in [7, 11) is 0. The summed E-state index contributed by atoms with van der Waals surface area (Å²) in [5.74, 6) is 0.598. The van der Waals surface area contributed by atoms with E-state index in [4.69, 9.17) is 4.74 Å². The van der Waals surface area contributed by atoms with Gasteiger partial charge in [-0.25, -0.2) is 0 Å². The number of hydrogen-bond donors (Lipinski definition) is 1. The quantitative estimate of drug-likeness (QED) is 0.711. The van der Waals surface area contributed by atoms with Crippen LogP contribution in [0.1, 0.15) is 18.9 Å². The molecule has 8 heteroatoms. The van der Waals surface area contributed by atoms with Crippen LogP contribution in [0, 0.1) is 5.92 Å². The summed E-state index contributed by atoms with van der Waals surface area (Å²) in [6, 6.07) is 9.51. The molecule has 0 aliphatic carbocycles. The average molecular weight is 401 g/mol. The third kappa shape index (κ3) is 4.01. The van der Waals surface area contributed by atoms with Crippen molar-refractivity contribution in [3.8, 4) is 17.0 Å². The molecule has 0 bridgehead atoms. The number of halogens is 3. The number of rotatable bonds is 4. The standard InChI is InChI=1S/C21H18F3N3O2/c1-12(14-9-20(28)27-10-14)29-19-8-13(7-18-16(19)3-2-6-25-18)17-5-4-15(11-26-17)21(22,23)24/h2-8,11-12,14H,9-10H2,1H3,(H,27,28)/t12-,14+/m1/s1. The first-order chi connectivity index (χ1) is 13.8. The van der Waals surface area contributed by atoms with Crippen LogP contribution >= 0.6 is 0 Å². The Morgan fingerprint density at radius 3 is 2.69 bits per heavy atom. The first-order valence-electron chi connectivity index (χ1n) is 9.17. The van der Waals surface area contributed by atoms with Gasteiger partial charge in [-0.15, -0.1) is 0 Å². The first-order valence-corrected chi connectivity index (χ1v) is 9.17. The number of aromatic nitrogens is 2. The van der Waals surface area contributed by atoms with Crippen LogP contribution in [0.3, 0.4) is 0 Å². The molecule has 1 saturated heterocycles. The zero-order valence-electron chi connectivity index (χ0n) is 15.5. The first kappa shape index (κ1) is 19.2. The van der Waals surface area contributed by atoms with E-state index < -0.39 is 11.7 Å². The van der Waals surface area contributed by atoms with Crippen LogP contribution in [0.4, 0.5) is 13.2 Å². The summed E-state index contributed by atoms with van der Waals surface area (Å²) >= 11 is 0. The van der Waals surface area contributed by atoms with Gasteiger partial charge in [0.05, 0.1) is 16.8 Å². The van der Waals surface area contributed by atoms with Gasteiger partial charge < -0.3 is 10.1 Å². The molecule has 0 unspecified atom stereocenters. The summed E-state index contributed by atoms with van der Waals surface area (Å²) in [5, 5.41) is 3.58. The predicted molar refractivity (Wildman–Crippen MR) is 101 cm³/mol. The maximum Gasteiger partial charge on any atom is 0.417 e. The molecule has 2 atom stereocenters. The molecule has 150 valence electrons. The number of ether oxygens (including phenoxy) is 1. The van der Waals surface area contributed by atoms with Crippen molar-refractivity contribution in [3.63, 3.8) is 0 Å². The van der Waals surface area contributed by atoms with Crippen LogP contribution in [0.5, 0.6) is 5.75 Å². The molecule has 1 aliphatic rings. The fourth-order valence-corrected chi connectivity index (χ4v) is 3.38. The topological polar surface area (TPSA) is 64.1 Å². The van der Waals surface area contributed by atoms with Gasteiger partial charge in [0.2, 0.25) is 5.91 Å². The molecule has 0 radical (unpaired) electrons. The van der Waals surface area contributed by atoms with E-state index in [1.54, 1.807) is 24.4 Å². The normalized spacial score (nSPS) is 17.9. The van der Waals surface area contributed by atoms with Crippen molar-refractivity contribution < 1.29 is 22.7 Å². The molecule has 3 aromatic rings. The van der Waals surface area contributed by atoms with Crippen molar-refractivity contribution >= 4 is 16.8 Å². The van der Waals surface area contributed by atoms with E-state index >= 15 is 0 Å². The van der Waals surface area contributed by atoms with Crippen molar-refractivity contribution in [1.82, 2.24) is 15.3 Å². The second kappa shape index (κ2) is 7.35. The highest BCUT2D eigenvalue weighted by Gasteiger charge is 2.31. The third-order valence-electron chi connectivity index (χ3n) is 5.06. The van der Waals surface area contributed by atoms with Crippen LogP contribution in [0.15, 0.2) is 48.8 Å². The molecule has 0 saturated carbocycles. The molecule has 1 amide bonds. The number of benzene rings is 1. The lowest BCUT2D eigenvalue weighted by atomic mass is 10.0. The Morgan fingerprint density at radius 1 is 1.21 bits per heavy atom. The van der Waals surface area contributed by atoms with Crippen LogP contribution in [0.2, 0.25) is 0 Å². The van der Waals surface area contributed by atoms with Crippen molar-refractivity contribution in [2.24, 2.45) is 5.92 Å². The number of amides is 1. The Labute approximate surface area is 164 Å². The Bertz CT molecular complexity index is 1050. The molecular weight excluding hydrogens is 383 g/mol. The highest BCUT2D eigenvalue weighted by Crippen LogP contribution is 2.34. The monoisotopic (exact) mass is 401 g/mol. The van der Waals surface area contributed by atoms with E-state index in [0.717, 1.165) is 17.6 Å². The smallest absolute Gasteiger partial charge is 0.417 e. The molecule has 1 aromatic carbocycles. The van der Waals surface area contributed by atoms with E-state index in [0.29, 0.717) is 35.5 Å². The summed E-state index contributed by atoms with van der Waals surface area (Å²) in [5.41, 5.74) is 0.840. The van der Waals surface area contributed by atoms with Gasteiger partial charge in [-0.2, -0.15) is 13.2 Å². The Hall–Kier alpha value is -3.16. The minimum atomic E-state index is -4.44. The van der Waals surface area contributed by atoms with Crippen LogP contribution in [-0.2, 0) is 11.0 Å². The average Bonchev–Trinajstić information content (AvgIpc) is 3.14. The van der Waals surface area contributed by atoms with Gasteiger partial charge in [0.15, 0.2) is 0 Å². The summed E-state index contributed by atoms with van der Waals surface area (Å²) < 4.78 is 44.6. The summed E-state index contributed by atoms with van der Waals surface area (Å²) in [6.07, 6.45) is -1.81. The highest BCUT2D eigenvalue weighted by atomic mass is 19.4. The molecule has 0 spiro atoms. The third-order valence-corrected chi connectivity index (χ3v) is 5.06. The van der Waals surface area contributed by atoms with Crippen LogP contribution < -0.4 is 10.1 Å². The maximum atomic E-state index is 12.8. The molecular formula is C21H18F3N3O2. The fourth-order valence-electron chi connectivity index (χ4n) is 3.38. The number of carbonyl (C=O) groups excluding carboxylic acids is 1. The minimum Gasteiger partial charge on any atom is -0.490 e. The number of hydrogen-bond acceptors (Lipinski definition) is 4. The zero-order valence-corrected chi connectivity index (χ0v) is 15.5. The lowest BCUT2D eigenvalue weighted by molar-refractivity contribution is -0.137. The Kier molecular flexibility index (Phi) is 4.86. The van der Waals surface area contributed by atoms with Crippen molar-refractivity contribution in [1.29, 1.82) is 0 Å². The number of nitrogens with zero attached hydrogens (tertiary/aromatic N) is 2. The fraction of sp³-hybridized carbons (Fsp3) is 0.286. The van der Waals surface area contributed by atoms with E-state index in [9.17, 15) is 18.0 Å². The Morgan fingerprint density at radius 2 is 2.03 bits per heavy atom. The molecule has 1 fully saturated rings.